The molecule has 0 spiro atoms. The van der Waals surface area contributed by atoms with Crippen LogP contribution in [0.2, 0.25) is 0 Å². The number of morpholine rings is 1. The van der Waals surface area contributed by atoms with E-state index in [1.807, 2.05) is 30.5 Å². The second kappa shape index (κ2) is 11.3. The van der Waals surface area contributed by atoms with Crippen molar-refractivity contribution in [3.8, 4) is 11.3 Å². The zero-order valence-electron chi connectivity index (χ0n) is 22.9. The van der Waals surface area contributed by atoms with Crippen molar-refractivity contribution in [2.45, 2.75) is 38.7 Å². The van der Waals surface area contributed by atoms with Gasteiger partial charge >= 0.3 is 0 Å². The summed E-state index contributed by atoms with van der Waals surface area (Å²) in [6.45, 7) is 9.46. The van der Waals surface area contributed by atoms with Gasteiger partial charge in [0.15, 0.2) is 0 Å². The fraction of sp³-hybridized carbons (Fsp3) is 0.367. The number of carbonyl (C=O) groups is 1. The minimum absolute atomic E-state index is 0.108. The van der Waals surface area contributed by atoms with Crippen LogP contribution in [0.25, 0.3) is 22.2 Å². The molecular formula is C30H35N7O2. The van der Waals surface area contributed by atoms with Crippen LogP contribution in [0.15, 0.2) is 61.2 Å². The highest BCUT2D eigenvalue weighted by molar-refractivity contribution is 6.06. The van der Waals surface area contributed by atoms with E-state index in [4.69, 9.17) is 9.72 Å². The first kappa shape index (κ1) is 26.5. The van der Waals surface area contributed by atoms with Crippen molar-refractivity contribution in [3.63, 3.8) is 0 Å². The third kappa shape index (κ3) is 5.98. The maximum absolute atomic E-state index is 12.3. The van der Waals surface area contributed by atoms with Crippen molar-refractivity contribution in [1.82, 2.24) is 25.3 Å². The number of pyridine rings is 2. The van der Waals surface area contributed by atoms with Gasteiger partial charge in [0.05, 0.1) is 29.0 Å². The lowest BCUT2D eigenvalue weighted by Gasteiger charge is -2.38. The molecule has 2 N–H and O–H groups in total. The van der Waals surface area contributed by atoms with Gasteiger partial charge < -0.3 is 20.3 Å². The largest absolute Gasteiger partial charge is 0.372 e. The molecule has 1 fully saturated rings. The van der Waals surface area contributed by atoms with Gasteiger partial charge in [-0.05, 0) is 49.9 Å². The van der Waals surface area contributed by atoms with Crippen molar-refractivity contribution in [1.29, 1.82) is 0 Å². The van der Waals surface area contributed by atoms with E-state index in [0.717, 1.165) is 65.4 Å². The fourth-order valence-electron chi connectivity index (χ4n) is 5.05. The summed E-state index contributed by atoms with van der Waals surface area (Å²) in [5.74, 6) is 1.84. The van der Waals surface area contributed by atoms with Crippen LogP contribution in [0, 0.1) is 0 Å². The van der Waals surface area contributed by atoms with E-state index in [1.54, 1.807) is 25.6 Å². The van der Waals surface area contributed by atoms with Crippen LogP contribution in [-0.4, -0.2) is 64.7 Å². The number of rotatable bonds is 8. The molecule has 39 heavy (non-hydrogen) atoms. The molecule has 1 unspecified atom stereocenters. The van der Waals surface area contributed by atoms with Crippen molar-refractivity contribution in [2.75, 3.05) is 43.5 Å². The third-order valence-electron chi connectivity index (χ3n) is 7.15. The average molecular weight is 526 g/mol. The molecule has 5 rings (SSSR count). The highest BCUT2D eigenvalue weighted by Crippen LogP contribution is 2.29. The predicted octanol–water partition coefficient (Wildman–Crippen LogP) is 4.67. The molecule has 1 amide bonds. The molecule has 9 heteroatoms. The molecule has 4 heterocycles. The number of para-hydroxylation sites is 1. The number of nitrogens with zero attached hydrogens (tertiary/aromatic N) is 5. The molecule has 202 valence electrons. The molecule has 1 aliphatic heterocycles. The molecule has 1 aliphatic rings. The number of aromatic nitrogens is 4. The summed E-state index contributed by atoms with van der Waals surface area (Å²) in [4.78, 5) is 32.7. The Labute approximate surface area is 229 Å². The van der Waals surface area contributed by atoms with Gasteiger partial charge in [-0.2, -0.15) is 0 Å². The van der Waals surface area contributed by atoms with Crippen molar-refractivity contribution < 1.29 is 9.53 Å². The van der Waals surface area contributed by atoms with Gasteiger partial charge in [0, 0.05) is 56.1 Å². The Morgan fingerprint density at radius 3 is 2.77 bits per heavy atom. The van der Waals surface area contributed by atoms with Gasteiger partial charge in [0.1, 0.15) is 18.0 Å². The number of hydrogen-bond acceptors (Lipinski definition) is 8. The summed E-state index contributed by atoms with van der Waals surface area (Å²) in [5, 5.41) is 7.02. The third-order valence-corrected chi connectivity index (χ3v) is 7.15. The Kier molecular flexibility index (Phi) is 7.70. The van der Waals surface area contributed by atoms with Crippen molar-refractivity contribution >= 4 is 28.4 Å². The number of amides is 1. The number of carbonyl (C=O) groups excluding carboxylic acids is 1. The predicted molar refractivity (Wildman–Crippen MR) is 154 cm³/mol. The summed E-state index contributed by atoms with van der Waals surface area (Å²) < 4.78 is 5.82. The quantitative estimate of drug-likeness (QED) is 0.342. The molecule has 0 saturated carbocycles. The molecule has 0 aliphatic carbocycles. The van der Waals surface area contributed by atoms with Gasteiger partial charge in [0.25, 0.3) is 5.91 Å². The van der Waals surface area contributed by atoms with Crippen LogP contribution >= 0.6 is 0 Å². The SMILES string of the molecule is CNC(=O)c1ccnc2c(C(C)CCNc3cc(-c4ccc(N5CCOC(C)(C)C5)nc4)ncn3)cccc12. The summed E-state index contributed by atoms with van der Waals surface area (Å²) in [6.07, 6.45) is 6.02. The first-order valence-electron chi connectivity index (χ1n) is 13.4. The van der Waals surface area contributed by atoms with Crippen LogP contribution < -0.4 is 15.5 Å². The number of ether oxygens (including phenoxy) is 1. The van der Waals surface area contributed by atoms with Crippen LogP contribution in [0.5, 0.6) is 0 Å². The van der Waals surface area contributed by atoms with Gasteiger partial charge in [0.2, 0.25) is 0 Å². The average Bonchev–Trinajstić information content (AvgIpc) is 2.95. The highest BCUT2D eigenvalue weighted by atomic mass is 16.5. The number of anilines is 2. The number of fused-ring (bicyclic) bond motifs is 1. The molecule has 0 bridgehead atoms. The Balaban J connectivity index is 1.23. The van der Waals surface area contributed by atoms with Gasteiger partial charge in [-0.15, -0.1) is 0 Å². The topological polar surface area (TPSA) is 105 Å². The van der Waals surface area contributed by atoms with Crippen LogP contribution in [0.3, 0.4) is 0 Å². The summed E-state index contributed by atoms with van der Waals surface area (Å²) in [6, 6.07) is 13.8. The van der Waals surface area contributed by atoms with Crippen LogP contribution in [-0.2, 0) is 4.74 Å². The van der Waals surface area contributed by atoms with Crippen LogP contribution in [0.1, 0.15) is 49.0 Å². The molecule has 0 radical (unpaired) electrons. The van der Waals surface area contributed by atoms with Gasteiger partial charge in [-0.3, -0.25) is 9.78 Å². The van der Waals surface area contributed by atoms with E-state index in [1.165, 1.54) is 0 Å². The van der Waals surface area contributed by atoms with E-state index in [9.17, 15) is 4.79 Å². The van der Waals surface area contributed by atoms with Crippen molar-refractivity contribution in [3.05, 3.63) is 72.3 Å². The molecule has 4 aromatic rings. The summed E-state index contributed by atoms with van der Waals surface area (Å²) >= 11 is 0. The molecular weight excluding hydrogens is 490 g/mol. The van der Waals surface area contributed by atoms with E-state index < -0.39 is 0 Å². The maximum Gasteiger partial charge on any atom is 0.251 e. The highest BCUT2D eigenvalue weighted by Gasteiger charge is 2.27. The van der Waals surface area contributed by atoms with E-state index in [2.05, 4.69) is 63.4 Å². The maximum atomic E-state index is 12.3. The van der Waals surface area contributed by atoms with Gasteiger partial charge in [-0.25, -0.2) is 15.0 Å². The smallest absolute Gasteiger partial charge is 0.251 e. The monoisotopic (exact) mass is 525 g/mol. The standard InChI is InChI=1S/C30H35N7O2/c1-20(22-6-5-7-23-24(29(38)31-4)11-13-33-28(22)23)10-12-32-26-16-25(35-19-36-26)21-8-9-27(34-17-21)37-14-15-39-30(2,3)18-37/h5-9,11,13,16-17,19-20H,10,12,14-15,18H2,1-4H3,(H,31,38)(H,32,35,36). The second-order valence-corrected chi connectivity index (χ2v) is 10.5. The zero-order chi connectivity index (χ0) is 27.4. The van der Waals surface area contributed by atoms with E-state index in [0.29, 0.717) is 12.2 Å². The number of hydrogen-bond donors (Lipinski definition) is 2. The zero-order valence-corrected chi connectivity index (χ0v) is 22.9. The lowest BCUT2D eigenvalue weighted by atomic mass is 9.94. The fourth-order valence-corrected chi connectivity index (χ4v) is 5.05. The van der Waals surface area contributed by atoms with Gasteiger partial charge in [-0.1, -0.05) is 25.1 Å². The lowest BCUT2D eigenvalue weighted by molar-refractivity contribution is -0.0279. The Morgan fingerprint density at radius 2 is 2.00 bits per heavy atom. The second-order valence-electron chi connectivity index (χ2n) is 10.5. The molecule has 3 aromatic heterocycles. The van der Waals surface area contributed by atoms with E-state index in [-0.39, 0.29) is 17.4 Å². The minimum Gasteiger partial charge on any atom is -0.372 e. The minimum atomic E-state index is -0.179. The molecule has 9 nitrogen and oxygen atoms in total. The normalized spacial score (nSPS) is 15.6. The first-order chi connectivity index (χ1) is 18.8. The Bertz CT molecular complexity index is 1460. The summed E-state index contributed by atoms with van der Waals surface area (Å²) in [7, 11) is 1.64. The Hall–Kier alpha value is -4.11. The summed E-state index contributed by atoms with van der Waals surface area (Å²) in [5.41, 5.74) is 4.22. The molecule has 1 atom stereocenters. The molecule has 1 saturated heterocycles. The first-order valence-corrected chi connectivity index (χ1v) is 13.4. The van der Waals surface area contributed by atoms with Crippen molar-refractivity contribution in [2.24, 2.45) is 0 Å². The lowest BCUT2D eigenvalue weighted by Crippen LogP contribution is -2.48. The Morgan fingerprint density at radius 1 is 1.13 bits per heavy atom. The number of benzene rings is 1. The molecule has 1 aromatic carbocycles. The number of nitrogens with one attached hydrogen (secondary N) is 2. The van der Waals surface area contributed by atoms with Crippen LogP contribution in [0.4, 0.5) is 11.6 Å². The van der Waals surface area contributed by atoms with E-state index >= 15 is 0 Å².